The Balaban J connectivity index is 1.66. The highest BCUT2D eigenvalue weighted by molar-refractivity contribution is 5.96. The van der Waals surface area contributed by atoms with Gasteiger partial charge in [0.15, 0.2) is 6.10 Å². The molecule has 0 spiro atoms. The summed E-state index contributed by atoms with van der Waals surface area (Å²) in [4.78, 5) is 17.0. The number of para-hydroxylation sites is 1. The molecule has 0 saturated carbocycles. The van der Waals surface area contributed by atoms with Crippen LogP contribution in [0.3, 0.4) is 0 Å². The van der Waals surface area contributed by atoms with Crippen LogP contribution in [0.1, 0.15) is 0 Å². The van der Waals surface area contributed by atoms with E-state index < -0.39 is 6.10 Å². The highest BCUT2D eigenvalue weighted by atomic mass is 16.6. The molecule has 6 nitrogen and oxygen atoms in total. The number of rotatable bonds is 5. The maximum Gasteiger partial charge on any atom is 0.258 e. The number of hydrogen-bond donors (Lipinski definition) is 0. The fourth-order valence-corrected chi connectivity index (χ4v) is 2.84. The predicted molar refractivity (Wildman–Crippen MR) is 86.6 cm³/mol. The van der Waals surface area contributed by atoms with Crippen molar-refractivity contribution in [1.29, 1.82) is 0 Å². The Morgan fingerprint density at radius 2 is 1.87 bits per heavy atom. The Morgan fingerprint density at radius 1 is 1.09 bits per heavy atom. The molecule has 126 valence electrons. The Bertz CT molecular complexity index is 485. The average Bonchev–Trinajstić information content (AvgIpc) is 2.64. The zero-order valence-electron chi connectivity index (χ0n) is 13.4. The number of ether oxygens (including phenoxy) is 3. The fraction of sp³-hybridized carbons (Fsp3) is 0.588. The van der Waals surface area contributed by atoms with Crippen LogP contribution in [0.25, 0.3) is 0 Å². The van der Waals surface area contributed by atoms with Gasteiger partial charge in [-0.05, 0) is 12.1 Å². The smallest absolute Gasteiger partial charge is 0.258 e. The van der Waals surface area contributed by atoms with Gasteiger partial charge in [0.25, 0.3) is 5.91 Å². The lowest BCUT2D eigenvalue weighted by atomic mass is 10.2. The molecule has 0 aromatic heterocycles. The van der Waals surface area contributed by atoms with E-state index >= 15 is 0 Å². The molecule has 0 radical (unpaired) electrons. The molecule has 0 aliphatic carbocycles. The summed E-state index contributed by atoms with van der Waals surface area (Å²) in [7, 11) is 0. The molecular formula is C17H24N2O4. The molecule has 1 amide bonds. The van der Waals surface area contributed by atoms with E-state index in [1.165, 1.54) is 0 Å². The van der Waals surface area contributed by atoms with Crippen molar-refractivity contribution in [2.45, 2.75) is 6.10 Å². The van der Waals surface area contributed by atoms with Crippen LogP contribution in [-0.2, 0) is 19.0 Å². The van der Waals surface area contributed by atoms with Gasteiger partial charge in [-0.25, -0.2) is 0 Å². The van der Waals surface area contributed by atoms with Crippen LogP contribution in [-0.4, -0.2) is 76.1 Å². The monoisotopic (exact) mass is 320 g/mol. The lowest BCUT2D eigenvalue weighted by molar-refractivity contribution is -0.144. The summed E-state index contributed by atoms with van der Waals surface area (Å²) in [6, 6.07) is 9.77. The van der Waals surface area contributed by atoms with Gasteiger partial charge < -0.3 is 19.1 Å². The van der Waals surface area contributed by atoms with Crippen LogP contribution in [0, 0.1) is 0 Å². The van der Waals surface area contributed by atoms with Crippen LogP contribution >= 0.6 is 0 Å². The van der Waals surface area contributed by atoms with E-state index in [9.17, 15) is 4.79 Å². The molecule has 1 aromatic rings. The largest absolute Gasteiger partial charge is 0.379 e. The number of amides is 1. The van der Waals surface area contributed by atoms with Gasteiger partial charge in [-0.15, -0.1) is 0 Å². The van der Waals surface area contributed by atoms with E-state index in [0.29, 0.717) is 26.4 Å². The summed E-state index contributed by atoms with van der Waals surface area (Å²) in [5.41, 5.74) is 0.903. The van der Waals surface area contributed by atoms with Gasteiger partial charge in [0.1, 0.15) is 0 Å². The lowest BCUT2D eigenvalue weighted by Crippen LogP contribution is -2.49. The minimum Gasteiger partial charge on any atom is -0.379 e. The van der Waals surface area contributed by atoms with Crippen LogP contribution in [0.5, 0.6) is 0 Å². The number of carbonyl (C=O) groups excluding carboxylic acids is 1. The molecular weight excluding hydrogens is 296 g/mol. The molecule has 3 rings (SSSR count). The third-order valence-electron chi connectivity index (χ3n) is 4.17. The van der Waals surface area contributed by atoms with E-state index in [0.717, 1.165) is 38.5 Å². The summed E-state index contributed by atoms with van der Waals surface area (Å²) < 4.78 is 16.3. The van der Waals surface area contributed by atoms with E-state index in [1.54, 1.807) is 0 Å². The highest BCUT2D eigenvalue weighted by Gasteiger charge is 2.28. The Hall–Kier alpha value is -1.47. The Labute approximate surface area is 136 Å². The molecule has 0 bridgehead atoms. The minimum absolute atomic E-state index is 0.0239. The zero-order chi connectivity index (χ0) is 15.9. The third-order valence-corrected chi connectivity index (χ3v) is 4.17. The molecule has 2 saturated heterocycles. The molecule has 2 heterocycles. The maximum absolute atomic E-state index is 12.8. The SMILES string of the molecule is O=C([C@H]1COCCO1)N(CCN1CCOCC1)c1ccccc1. The number of carbonyl (C=O) groups is 1. The van der Waals surface area contributed by atoms with Gasteiger partial charge in [-0.1, -0.05) is 18.2 Å². The highest BCUT2D eigenvalue weighted by Crippen LogP contribution is 2.17. The van der Waals surface area contributed by atoms with Crippen molar-refractivity contribution in [1.82, 2.24) is 4.90 Å². The summed E-state index contributed by atoms with van der Waals surface area (Å²) in [6.45, 7) is 6.20. The average molecular weight is 320 g/mol. The number of hydrogen-bond acceptors (Lipinski definition) is 5. The van der Waals surface area contributed by atoms with Crippen molar-refractivity contribution in [3.63, 3.8) is 0 Å². The molecule has 2 aliphatic rings. The second-order valence-corrected chi connectivity index (χ2v) is 5.71. The molecule has 23 heavy (non-hydrogen) atoms. The molecule has 0 unspecified atom stereocenters. The molecule has 0 N–H and O–H groups in total. The van der Waals surface area contributed by atoms with Gasteiger partial charge >= 0.3 is 0 Å². The quantitative estimate of drug-likeness (QED) is 0.802. The normalized spacial score (nSPS) is 22.7. The maximum atomic E-state index is 12.8. The summed E-state index contributed by atoms with van der Waals surface area (Å²) in [5, 5.41) is 0. The van der Waals surface area contributed by atoms with Gasteiger partial charge in [-0.3, -0.25) is 9.69 Å². The first-order valence-corrected chi connectivity index (χ1v) is 8.20. The van der Waals surface area contributed by atoms with Gasteiger partial charge in [0, 0.05) is 31.9 Å². The lowest BCUT2D eigenvalue weighted by Gasteiger charge is -2.32. The Kier molecular flexibility index (Phi) is 5.99. The van der Waals surface area contributed by atoms with E-state index in [1.807, 2.05) is 35.2 Å². The van der Waals surface area contributed by atoms with Gasteiger partial charge in [0.05, 0.1) is 33.0 Å². The second-order valence-electron chi connectivity index (χ2n) is 5.71. The van der Waals surface area contributed by atoms with E-state index in [2.05, 4.69) is 4.90 Å². The number of benzene rings is 1. The standard InChI is InChI=1S/C17H24N2O4/c20-17(16-14-22-12-13-23-16)19(15-4-2-1-3-5-15)7-6-18-8-10-21-11-9-18/h1-5,16H,6-14H2/t16-/m1/s1. The summed E-state index contributed by atoms with van der Waals surface area (Å²) >= 11 is 0. The van der Waals surface area contributed by atoms with Crippen LogP contribution in [0.4, 0.5) is 5.69 Å². The Morgan fingerprint density at radius 3 is 2.57 bits per heavy atom. The zero-order valence-corrected chi connectivity index (χ0v) is 13.4. The van der Waals surface area contributed by atoms with E-state index in [-0.39, 0.29) is 5.91 Å². The van der Waals surface area contributed by atoms with Crippen LogP contribution in [0.2, 0.25) is 0 Å². The summed E-state index contributed by atoms with van der Waals surface area (Å²) in [5.74, 6) is -0.0239. The first-order chi connectivity index (χ1) is 11.3. The topological polar surface area (TPSA) is 51.2 Å². The van der Waals surface area contributed by atoms with Crippen molar-refractivity contribution in [3.8, 4) is 0 Å². The predicted octanol–water partition coefficient (Wildman–Crippen LogP) is 0.767. The second kappa shape index (κ2) is 8.40. The van der Waals surface area contributed by atoms with E-state index in [4.69, 9.17) is 14.2 Å². The molecule has 2 fully saturated rings. The van der Waals surface area contributed by atoms with Crippen molar-refractivity contribution in [2.24, 2.45) is 0 Å². The van der Waals surface area contributed by atoms with Crippen molar-refractivity contribution < 1.29 is 19.0 Å². The van der Waals surface area contributed by atoms with Crippen molar-refractivity contribution in [2.75, 3.05) is 64.1 Å². The van der Waals surface area contributed by atoms with Gasteiger partial charge in [0.2, 0.25) is 0 Å². The third kappa shape index (κ3) is 4.51. The number of anilines is 1. The van der Waals surface area contributed by atoms with Gasteiger partial charge in [-0.2, -0.15) is 0 Å². The van der Waals surface area contributed by atoms with Crippen molar-refractivity contribution >= 4 is 11.6 Å². The van der Waals surface area contributed by atoms with Crippen LogP contribution in [0.15, 0.2) is 30.3 Å². The molecule has 6 heteroatoms. The number of nitrogens with zero attached hydrogens (tertiary/aromatic N) is 2. The fourth-order valence-electron chi connectivity index (χ4n) is 2.84. The first kappa shape index (κ1) is 16.4. The first-order valence-electron chi connectivity index (χ1n) is 8.20. The van der Waals surface area contributed by atoms with Crippen LogP contribution < -0.4 is 4.90 Å². The molecule has 2 aliphatic heterocycles. The van der Waals surface area contributed by atoms with Crippen molar-refractivity contribution in [3.05, 3.63) is 30.3 Å². The number of morpholine rings is 1. The summed E-state index contributed by atoms with van der Waals surface area (Å²) in [6.07, 6.45) is -0.506. The molecule has 1 atom stereocenters. The molecule has 1 aromatic carbocycles. The minimum atomic E-state index is -0.506.